The molecule has 2 heterocycles. The number of nitro benzene ring substituents is 1. The van der Waals surface area contributed by atoms with Crippen LogP contribution in [0.25, 0.3) is 22.5 Å². The SMILES string of the molecule is Cc1cc(C)c2oc(-c3ccco3)c(OC(=O)c3ccccc3[N+](=O)[O-])c(=O)c2c1. The lowest BCUT2D eigenvalue weighted by atomic mass is 10.1. The molecule has 0 unspecified atom stereocenters. The van der Waals surface area contributed by atoms with Crippen molar-refractivity contribution < 1.29 is 23.3 Å². The van der Waals surface area contributed by atoms with Crippen LogP contribution in [0.3, 0.4) is 0 Å². The van der Waals surface area contributed by atoms with Crippen LogP contribution in [0.15, 0.2) is 68.4 Å². The third-order valence-electron chi connectivity index (χ3n) is 4.54. The molecule has 30 heavy (non-hydrogen) atoms. The predicted octanol–water partition coefficient (Wildman–Crippen LogP) is 4.80. The van der Waals surface area contributed by atoms with Gasteiger partial charge in [-0.25, -0.2) is 4.79 Å². The van der Waals surface area contributed by atoms with Crippen molar-refractivity contribution in [3.8, 4) is 17.3 Å². The number of rotatable bonds is 4. The summed E-state index contributed by atoms with van der Waals surface area (Å²) >= 11 is 0. The Morgan fingerprint density at radius 3 is 2.57 bits per heavy atom. The molecular formula is C22H15NO7. The monoisotopic (exact) mass is 405 g/mol. The highest BCUT2D eigenvalue weighted by molar-refractivity contribution is 5.96. The summed E-state index contributed by atoms with van der Waals surface area (Å²) in [4.78, 5) is 36.5. The predicted molar refractivity (Wildman–Crippen MR) is 108 cm³/mol. The number of furan rings is 1. The Bertz CT molecular complexity index is 1350. The first-order chi connectivity index (χ1) is 14.4. The number of benzene rings is 2. The molecule has 2 aromatic carbocycles. The second kappa shape index (κ2) is 7.32. The van der Waals surface area contributed by atoms with Gasteiger partial charge in [-0.05, 0) is 49.2 Å². The van der Waals surface area contributed by atoms with E-state index in [1.165, 1.54) is 30.5 Å². The summed E-state index contributed by atoms with van der Waals surface area (Å²) in [6, 6.07) is 12.0. The van der Waals surface area contributed by atoms with Gasteiger partial charge in [0.1, 0.15) is 11.1 Å². The molecule has 0 aliphatic heterocycles. The van der Waals surface area contributed by atoms with Gasteiger partial charge in [0, 0.05) is 6.07 Å². The lowest BCUT2D eigenvalue weighted by molar-refractivity contribution is -0.385. The fourth-order valence-corrected chi connectivity index (χ4v) is 3.25. The maximum atomic E-state index is 13.2. The van der Waals surface area contributed by atoms with E-state index >= 15 is 0 Å². The van der Waals surface area contributed by atoms with Gasteiger partial charge in [-0.2, -0.15) is 0 Å². The molecule has 4 rings (SSSR count). The van der Waals surface area contributed by atoms with Gasteiger partial charge in [0.2, 0.25) is 16.9 Å². The molecule has 0 aliphatic rings. The first kappa shape index (κ1) is 19.1. The summed E-state index contributed by atoms with van der Waals surface area (Å²) in [6.07, 6.45) is 1.38. The molecule has 8 nitrogen and oxygen atoms in total. The van der Waals surface area contributed by atoms with Gasteiger partial charge in [0.25, 0.3) is 5.69 Å². The molecule has 0 saturated heterocycles. The molecule has 0 bridgehead atoms. The smallest absolute Gasteiger partial charge is 0.350 e. The quantitative estimate of drug-likeness (QED) is 0.272. The summed E-state index contributed by atoms with van der Waals surface area (Å²) in [5.41, 5.74) is 0.594. The van der Waals surface area contributed by atoms with E-state index in [0.717, 1.165) is 11.1 Å². The van der Waals surface area contributed by atoms with Crippen molar-refractivity contribution in [3.05, 3.63) is 91.8 Å². The molecular weight excluding hydrogens is 390 g/mol. The minimum Gasteiger partial charge on any atom is -0.461 e. The highest BCUT2D eigenvalue weighted by atomic mass is 16.6. The molecule has 0 N–H and O–H groups in total. The van der Waals surface area contributed by atoms with Crippen molar-refractivity contribution in [1.29, 1.82) is 0 Å². The van der Waals surface area contributed by atoms with E-state index in [-0.39, 0.29) is 22.5 Å². The summed E-state index contributed by atoms with van der Waals surface area (Å²) < 4.78 is 16.6. The number of carbonyl (C=O) groups is 1. The average molecular weight is 405 g/mol. The third kappa shape index (κ3) is 3.24. The molecule has 2 aromatic heterocycles. The highest BCUT2D eigenvalue weighted by Crippen LogP contribution is 2.33. The largest absolute Gasteiger partial charge is 0.461 e. The third-order valence-corrected chi connectivity index (χ3v) is 4.54. The fourth-order valence-electron chi connectivity index (χ4n) is 3.25. The van der Waals surface area contributed by atoms with Crippen molar-refractivity contribution in [2.75, 3.05) is 0 Å². The maximum absolute atomic E-state index is 13.2. The van der Waals surface area contributed by atoms with E-state index in [2.05, 4.69) is 0 Å². The first-order valence-corrected chi connectivity index (χ1v) is 8.94. The fraction of sp³-hybridized carbons (Fsp3) is 0.0909. The van der Waals surface area contributed by atoms with E-state index in [9.17, 15) is 19.7 Å². The molecule has 0 amide bonds. The lowest BCUT2D eigenvalue weighted by Gasteiger charge is -2.11. The van der Waals surface area contributed by atoms with E-state index in [1.54, 1.807) is 25.1 Å². The number of aryl methyl sites for hydroxylation is 2. The normalized spacial score (nSPS) is 10.9. The molecule has 150 valence electrons. The number of para-hydroxylation sites is 1. The van der Waals surface area contributed by atoms with Crippen LogP contribution in [0.2, 0.25) is 0 Å². The van der Waals surface area contributed by atoms with Gasteiger partial charge in [-0.1, -0.05) is 18.2 Å². The molecule has 0 aliphatic carbocycles. The number of carbonyl (C=O) groups excluding carboxylic acids is 1. The Kier molecular flexibility index (Phi) is 4.67. The summed E-state index contributed by atoms with van der Waals surface area (Å²) in [5, 5.41) is 11.5. The molecule has 0 atom stereocenters. The zero-order valence-corrected chi connectivity index (χ0v) is 16.0. The van der Waals surface area contributed by atoms with Crippen LogP contribution in [0.5, 0.6) is 5.75 Å². The topological polar surface area (TPSA) is 113 Å². The standard InChI is InChI=1S/C22H15NO7/c1-12-10-13(2)19-15(11-12)18(24)21(20(29-19)17-8-5-9-28-17)30-22(25)14-6-3-4-7-16(14)23(26)27/h3-11H,1-2H3. The van der Waals surface area contributed by atoms with Gasteiger partial charge < -0.3 is 13.6 Å². The van der Waals surface area contributed by atoms with E-state index in [4.69, 9.17) is 13.6 Å². The van der Waals surface area contributed by atoms with Crippen LogP contribution in [-0.2, 0) is 0 Å². The second-order valence-corrected chi connectivity index (χ2v) is 6.69. The number of fused-ring (bicyclic) bond motifs is 1. The number of nitro groups is 1. The zero-order chi connectivity index (χ0) is 21.4. The van der Waals surface area contributed by atoms with Crippen LogP contribution < -0.4 is 10.2 Å². The van der Waals surface area contributed by atoms with Gasteiger partial charge in [0.15, 0.2) is 5.76 Å². The number of hydrogen-bond donors (Lipinski definition) is 0. The highest BCUT2D eigenvalue weighted by Gasteiger charge is 2.27. The molecule has 0 radical (unpaired) electrons. The number of nitrogens with zero attached hydrogens (tertiary/aromatic N) is 1. The maximum Gasteiger partial charge on any atom is 0.350 e. The first-order valence-electron chi connectivity index (χ1n) is 8.94. The van der Waals surface area contributed by atoms with E-state index in [0.29, 0.717) is 5.58 Å². The average Bonchev–Trinajstić information content (AvgIpc) is 3.25. The Morgan fingerprint density at radius 2 is 1.87 bits per heavy atom. The van der Waals surface area contributed by atoms with Gasteiger partial charge >= 0.3 is 5.97 Å². The minimum atomic E-state index is -1.05. The van der Waals surface area contributed by atoms with Crippen LogP contribution in [0.4, 0.5) is 5.69 Å². The Morgan fingerprint density at radius 1 is 1.10 bits per heavy atom. The van der Waals surface area contributed by atoms with Crippen LogP contribution in [-0.4, -0.2) is 10.9 Å². The van der Waals surface area contributed by atoms with Crippen molar-refractivity contribution in [3.63, 3.8) is 0 Å². The zero-order valence-electron chi connectivity index (χ0n) is 16.0. The number of esters is 1. The molecule has 8 heteroatoms. The van der Waals surface area contributed by atoms with Crippen molar-refractivity contribution in [1.82, 2.24) is 0 Å². The molecule has 0 saturated carbocycles. The van der Waals surface area contributed by atoms with Gasteiger partial charge in [-0.3, -0.25) is 14.9 Å². The molecule has 0 spiro atoms. The lowest BCUT2D eigenvalue weighted by Crippen LogP contribution is -2.17. The van der Waals surface area contributed by atoms with Crippen molar-refractivity contribution >= 4 is 22.6 Å². The van der Waals surface area contributed by atoms with E-state index < -0.39 is 27.8 Å². The van der Waals surface area contributed by atoms with Gasteiger partial charge in [-0.15, -0.1) is 0 Å². The van der Waals surface area contributed by atoms with Crippen LogP contribution in [0, 0.1) is 24.0 Å². The van der Waals surface area contributed by atoms with Crippen LogP contribution in [0.1, 0.15) is 21.5 Å². The Hall–Kier alpha value is -4.20. The van der Waals surface area contributed by atoms with Crippen molar-refractivity contribution in [2.24, 2.45) is 0 Å². The number of hydrogen-bond acceptors (Lipinski definition) is 7. The Labute approximate surface area is 169 Å². The summed E-state index contributed by atoms with van der Waals surface area (Å²) in [5.74, 6) is -1.34. The Balaban J connectivity index is 1.93. The molecule has 4 aromatic rings. The van der Waals surface area contributed by atoms with E-state index in [1.807, 2.05) is 13.0 Å². The second-order valence-electron chi connectivity index (χ2n) is 6.69. The van der Waals surface area contributed by atoms with Crippen molar-refractivity contribution in [2.45, 2.75) is 13.8 Å². The number of ether oxygens (including phenoxy) is 1. The summed E-state index contributed by atoms with van der Waals surface area (Å²) in [7, 11) is 0. The summed E-state index contributed by atoms with van der Waals surface area (Å²) in [6.45, 7) is 3.62. The minimum absolute atomic E-state index is 0.0728. The molecule has 0 fully saturated rings. The van der Waals surface area contributed by atoms with Crippen LogP contribution >= 0.6 is 0 Å². The van der Waals surface area contributed by atoms with Gasteiger partial charge in [0.05, 0.1) is 16.6 Å².